The van der Waals surface area contributed by atoms with Crippen LogP contribution in [0.1, 0.15) is 0 Å². The molecule has 0 aliphatic rings. The van der Waals surface area contributed by atoms with Gasteiger partial charge in [-0.2, -0.15) is 0 Å². The van der Waals surface area contributed by atoms with Crippen molar-refractivity contribution in [2.75, 3.05) is 9.80 Å². The van der Waals surface area contributed by atoms with Crippen LogP contribution in [0, 0.1) is 0 Å². The van der Waals surface area contributed by atoms with Crippen molar-refractivity contribution in [1.29, 1.82) is 0 Å². The van der Waals surface area contributed by atoms with Crippen LogP contribution in [0.2, 0.25) is 0 Å². The molecule has 66 heavy (non-hydrogen) atoms. The van der Waals surface area contributed by atoms with Gasteiger partial charge in [0.05, 0.1) is 22.7 Å². The van der Waals surface area contributed by atoms with Crippen LogP contribution in [-0.2, 0) is 0 Å². The summed E-state index contributed by atoms with van der Waals surface area (Å²) in [5.41, 5.74) is 9.88. The number of hydrogen-bond donors (Lipinski definition) is 0. The molecule has 0 atom stereocenters. The number of nitrogens with zero attached hydrogens (tertiary/aromatic N) is 2. The van der Waals surface area contributed by atoms with Gasteiger partial charge in [-0.15, -0.1) is 0 Å². The predicted molar refractivity (Wildman–Crippen MR) is 278 cm³/mol. The van der Waals surface area contributed by atoms with E-state index in [1.165, 1.54) is 43.1 Å². The zero-order valence-corrected chi connectivity index (χ0v) is 35.7. The minimum absolute atomic E-state index is 0.837. The molecule has 0 amide bonds. The molecule has 0 saturated carbocycles. The third-order valence-electron chi connectivity index (χ3n) is 13.6. The van der Waals surface area contributed by atoms with Crippen molar-refractivity contribution in [3.63, 3.8) is 0 Å². The Hall–Kier alpha value is -8.86. The zero-order chi connectivity index (χ0) is 43.3. The molecule has 4 nitrogen and oxygen atoms in total. The Bertz CT molecular complexity index is 3820. The lowest BCUT2D eigenvalue weighted by Gasteiger charge is -2.28. The van der Waals surface area contributed by atoms with Crippen molar-refractivity contribution in [3.05, 3.63) is 231 Å². The first-order chi connectivity index (χ1) is 32.7. The van der Waals surface area contributed by atoms with Gasteiger partial charge in [-0.1, -0.05) is 146 Å². The number of anilines is 6. The highest BCUT2D eigenvalue weighted by atomic mass is 16.3. The molecule has 2 heterocycles. The van der Waals surface area contributed by atoms with Gasteiger partial charge < -0.3 is 18.6 Å². The topological polar surface area (TPSA) is 32.8 Å². The maximum Gasteiger partial charge on any atom is 0.137 e. The maximum absolute atomic E-state index is 6.81. The Kier molecular flexibility index (Phi) is 7.95. The van der Waals surface area contributed by atoms with E-state index in [1.807, 2.05) is 0 Å². The SMILES string of the molecule is c1ccc2c(N(c3ccc4c(c3)oc3ccc5c(ccc6oc7cc(N(c8cccc9ccccc89)c8cccc9ccccc89)ccc7c65)c34)c3cccc4ccccc34)cccc2c1. The van der Waals surface area contributed by atoms with Gasteiger partial charge in [0, 0.05) is 66.6 Å². The molecule has 12 aromatic carbocycles. The molecule has 0 unspecified atom stereocenters. The molecule has 0 bridgehead atoms. The Labute approximate surface area is 379 Å². The summed E-state index contributed by atoms with van der Waals surface area (Å²) >= 11 is 0. The third-order valence-corrected chi connectivity index (χ3v) is 13.6. The first kappa shape index (κ1) is 36.6. The lowest BCUT2D eigenvalue weighted by molar-refractivity contribution is 0.668. The van der Waals surface area contributed by atoms with Crippen molar-refractivity contribution in [2.24, 2.45) is 0 Å². The van der Waals surface area contributed by atoms with Crippen LogP contribution in [0.15, 0.2) is 239 Å². The van der Waals surface area contributed by atoms with E-state index in [4.69, 9.17) is 8.83 Å². The molecule has 4 heteroatoms. The zero-order valence-electron chi connectivity index (χ0n) is 35.7. The Morgan fingerprint density at radius 3 is 0.879 bits per heavy atom. The summed E-state index contributed by atoms with van der Waals surface area (Å²) in [6.07, 6.45) is 0. The van der Waals surface area contributed by atoms with Crippen molar-refractivity contribution in [3.8, 4) is 0 Å². The van der Waals surface area contributed by atoms with E-state index >= 15 is 0 Å². The molecule has 2 aromatic heterocycles. The highest BCUT2D eigenvalue weighted by Gasteiger charge is 2.23. The van der Waals surface area contributed by atoms with Crippen LogP contribution in [0.3, 0.4) is 0 Å². The molecule has 14 rings (SSSR count). The molecule has 0 N–H and O–H groups in total. The second kappa shape index (κ2) is 14.3. The largest absolute Gasteiger partial charge is 0.456 e. The van der Waals surface area contributed by atoms with Crippen molar-refractivity contribution < 1.29 is 8.83 Å². The standard InChI is InChI=1S/C62H38N2O2/c1-5-21-45-39(13-1)17-9-25-53(45)63(54-26-10-18-40-14-2-6-22-46(40)54)43-29-31-51-59(37-43)65-57-35-33-50-49(61(51)57)34-36-58-62(50)52-32-30-44(38-60(52)66-58)64(55-27-11-19-41-15-3-7-23-47(41)55)56-28-12-20-42-16-4-8-24-48(42)56/h1-38H. The first-order valence-corrected chi connectivity index (χ1v) is 22.5. The number of furan rings is 2. The lowest BCUT2D eigenvalue weighted by atomic mass is 9.99. The average molecular weight is 843 g/mol. The van der Waals surface area contributed by atoms with Gasteiger partial charge in [0.1, 0.15) is 22.3 Å². The van der Waals surface area contributed by atoms with Crippen LogP contribution >= 0.6 is 0 Å². The molecule has 0 saturated heterocycles. The average Bonchev–Trinajstić information content (AvgIpc) is 3.95. The molecule has 0 radical (unpaired) electrons. The van der Waals surface area contributed by atoms with Crippen LogP contribution in [0.4, 0.5) is 34.1 Å². The van der Waals surface area contributed by atoms with E-state index in [0.29, 0.717) is 0 Å². The molecule has 0 aliphatic heterocycles. The minimum Gasteiger partial charge on any atom is -0.456 e. The van der Waals surface area contributed by atoms with E-state index in [2.05, 4.69) is 240 Å². The van der Waals surface area contributed by atoms with E-state index in [9.17, 15) is 0 Å². The summed E-state index contributed by atoms with van der Waals surface area (Å²) in [5.74, 6) is 0. The normalized spacial score (nSPS) is 11.9. The first-order valence-electron chi connectivity index (χ1n) is 22.5. The Balaban J connectivity index is 0.940. The fraction of sp³-hybridized carbons (Fsp3) is 0. The summed E-state index contributed by atoms with van der Waals surface area (Å²) in [4.78, 5) is 4.76. The predicted octanol–water partition coefficient (Wildman–Crippen LogP) is 18.2. The van der Waals surface area contributed by atoms with Crippen LogP contribution < -0.4 is 9.80 Å². The minimum atomic E-state index is 0.837. The van der Waals surface area contributed by atoms with Gasteiger partial charge in [0.25, 0.3) is 0 Å². The van der Waals surface area contributed by atoms with E-state index in [-0.39, 0.29) is 0 Å². The molecule has 0 spiro atoms. The van der Waals surface area contributed by atoms with Gasteiger partial charge in [0.2, 0.25) is 0 Å². The quantitative estimate of drug-likeness (QED) is 0.167. The van der Waals surface area contributed by atoms with Crippen molar-refractivity contribution in [1.82, 2.24) is 0 Å². The highest BCUT2D eigenvalue weighted by molar-refractivity contribution is 6.28. The molecular weight excluding hydrogens is 805 g/mol. The molecule has 308 valence electrons. The summed E-state index contributed by atoms with van der Waals surface area (Å²) in [7, 11) is 0. The van der Waals surface area contributed by atoms with Crippen LogP contribution in [0.5, 0.6) is 0 Å². The third kappa shape index (κ3) is 5.52. The highest BCUT2D eigenvalue weighted by Crippen LogP contribution is 2.47. The van der Waals surface area contributed by atoms with E-state index in [0.717, 1.165) is 88.8 Å². The van der Waals surface area contributed by atoms with Crippen molar-refractivity contribution >= 4 is 132 Å². The summed E-state index contributed by atoms with van der Waals surface area (Å²) in [6, 6.07) is 82.6. The van der Waals surface area contributed by atoms with Crippen LogP contribution in [0.25, 0.3) is 97.7 Å². The number of rotatable bonds is 6. The Morgan fingerprint density at radius 2 is 0.530 bits per heavy atom. The van der Waals surface area contributed by atoms with Gasteiger partial charge in [0.15, 0.2) is 0 Å². The van der Waals surface area contributed by atoms with Gasteiger partial charge in [-0.3, -0.25) is 0 Å². The number of fused-ring (bicyclic) bond motifs is 13. The summed E-state index contributed by atoms with van der Waals surface area (Å²) in [5, 5.41) is 16.1. The van der Waals surface area contributed by atoms with Gasteiger partial charge >= 0.3 is 0 Å². The second-order valence-corrected chi connectivity index (χ2v) is 17.2. The fourth-order valence-corrected chi connectivity index (χ4v) is 10.6. The lowest BCUT2D eigenvalue weighted by Crippen LogP contribution is -2.11. The summed E-state index contributed by atoms with van der Waals surface area (Å²) in [6.45, 7) is 0. The van der Waals surface area contributed by atoms with Crippen molar-refractivity contribution in [2.45, 2.75) is 0 Å². The fourth-order valence-electron chi connectivity index (χ4n) is 10.6. The number of benzene rings is 12. The Morgan fingerprint density at radius 1 is 0.227 bits per heavy atom. The monoisotopic (exact) mass is 842 g/mol. The molecule has 0 aliphatic carbocycles. The maximum atomic E-state index is 6.81. The molecule has 14 aromatic rings. The summed E-state index contributed by atoms with van der Waals surface area (Å²) < 4.78 is 13.6. The molecular formula is C62H38N2O2. The van der Waals surface area contributed by atoms with Gasteiger partial charge in [-0.05, 0) is 105 Å². The molecule has 0 fully saturated rings. The van der Waals surface area contributed by atoms with E-state index in [1.54, 1.807) is 0 Å². The second-order valence-electron chi connectivity index (χ2n) is 17.2. The van der Waals surface area contributed by atoms with E-state index < -0.39 is 0 Å². The van der Waals surface area contributed by atoms with Gasteiger partial charge in [-0.25, -0.2) is 0 Å². The van der Waals surface area contributed by atoms with Crippen LogP contribution in [-0.4, -0.2) is 0 Å². The number of hydrogen-bond acceptors (Lipinski definition) is 4. The smallest absolute Gasteiger partial charge is 0.137 e.